The van der Waals surface area contributed by atoms with Crippen molar-refractivity contribution in [3.63, 3.8) is 0 Å². The van der Waals surface area contributed by atoms with Crippen LogP contribution in [-0.4, -0.2) is 37.6 Å². The lowest BCUT2D eigenvalue weighted by atomic mass is 10.1. The molecule has 0 aliphatic heterocycles. The van der Waals surface area contributed by atoms with Gasteiger partial charge in [-0.3, -0.25) is 9.00 Å². The molecule has 8 heteroatoms. The van der Waals surface area contributed by atoms with Crippen LogP contribution in [-0.2, 0) is 10.8 Å². The van der Waals surface area contributed by atoms with Crippen molar-refractivity contribution in [1.82, 2.24) is 14.6 Å². The molecule has 0 aliphatic carbocycles. The van der Waals surface area contributed by atoms with E-state index in [2.05, 4.69) is 10.1 Å². The Morgan fingerprint density at radius 2 is 2.12 bits per heavy atom. The first-order valence-electron chi connectivity index (χ1n) is 7.25. The Balaban J connectivity index is 2.19. The zero-order chi connectivity index (χ0) is 17.3. The van der Waals surface area contributed by atoms with E-state index in [4.69, 9.17) is 10.5 Å². The highest BCUT2D eigenvalue weighted by molar-refractivity contribution is 7.85. The minimum atomic E-state index is -1.34. The number of carbonyl (C=O) groups excluding carboxylic acids is 1. The fraction of sp³-hybridized carbons (Fsp3) is 0.188. The van der Waals surface area contributed by atoms with E-state index in [1.165, 1.54) is 6.20 Å². The highest BCUT2D eigenvalue weighted by Gasteiger charge is 2.19. The standard InChI is InChI=1S/C16H16N4O3S/c1-3-24(22)15-12(16(17)21)8-19-20-9-11(6-13(15)20)10-4-5-14(23-2)18-7-10/h4-9H,3H2,1-2H3,(H2,17,21). The molecule has 1 atom stereocenters. The van der Waals surface area contributed by atoms with Crippen LogP contribution < -0.4 is 10.5 Å². The van der Waals surface area contributed by atoms with E-state index < -0.39 is 16.7 Å². The van der Waals surface area contributed by atoms with Gasteiger partial charge in [0.2, 0.25) is 5.88 Å². The summed E-state index contributed by atoms with van der Waals surface area (Å²) in [5, 5.41) is 4.20. The number of nitrogens with zero attached hydrogens (tertiary/aromatic N) is 3. The summed E-state index contributed by atoms with van der Waals surface area (Å²) in [4.78, 5) is 16.2. The number of ether oxygens (including phenoxy) is 1. The number of hydrogen-bond donors (Lipinski definition) is 1. The van der Waals surface area contributed by atoms with Crippen LogP contribution in [0.3, 0.4) is 0 Å². The van der Waals surface area contributed by atoms with E-state index in [9.17, 15) is 9.00 Å². The van der Waals surface area contributed by atoms with E-state index in [1.54, 1.807) is 37.0 Å². The second-order valence-electron chi connectivity index (χ2n) is 5.03. The van der Waals surface area contributed by atoms with E-state index in [0.29, 0.717) is 22.0 Å². The van der Waals surface area contributed by atoms with Gasteiger partial charge in [-0.2, -0.15) is 5.10 Å². The van der Waals surface area contributed by atoms with Gasteiger partial charge in [0.1, 0.15) is 0 Å². The molecule has 0 fully saturated rings. The summed E-state index contributed by atoms with van der Waals surface area (Å²) in [7, 11) is 0.209. The second-order valence-corrected chi connectivity index (χ2v) is 6.71. The lowest BCUT2D eigenvalue weighted by Crippen LogP contribution is -2.16. The van der Waals surface area contributed by atoms with Crippen molar-refractivity contribution in [2.45, 2.75) is 11.8 Å². The quantitative estimate of drug-likeness (QED) is 0.758. The van der Waals surface area contributed by atoms with Crippen molar-refractivity contribution < 1.29 is 13.7 Å². The molecule has 24 heavy (non-hydrogen) atoms. The molecule has 3 aromatic heterocycles. The van der Waals surface area contributed by atoms with Crippen LogP contribution >= 0.6 is 0 Å². The molecule has 3 rings (SSSR count). The molecule has 3 aromatic rings. The molecule has 0 aromatic carbocycles. The normalized spacial score (nSPS) is 12.2. The molecular formula is C16H16N4O3S. The highest BCUT2D eigenvalue weighted by Crippen LogP contribution is 2.27. The fourth-order valence-corrected chi connectivity index (χ4v) is 3.50. The maximum absolute atomic E-state index is 12.4. The SMILES string of the molecule is CCS(=O)c1c(C(N)=O)cnn2cc(-c3ccc(OC)nc3)cc12. The molecule has 124 valence electrons. The minimum Gasteiger partial charge on any atom is -0.481 e. The van der Waals surface area contributed by atoms with Crippen LogP contribution in [0.2, 0.25) is 0 Å². The number of hydrogen-bond acceptors (Lipinski definition) is 5. The van der Waals surface area contributed by atoms with Crippen molar-refractivity contribution in [2.24, 2.45) is 5.73 Å². The zero-order valence-electron chi connectivity index (χ0n) is 13.2. The number of fused-ring (bicyclic) bond motifs is 1. The first kappa shape index (κ1) is 16.1. The smallest absolute Gasteiger partial charge is 0.251 e. The molecule has 0 saturated carbocycles. The van der Waals surface area contributed by atoms with Crippen molar-refractivity contribution in [2.75, 3.05) is 12.9 Å². The summed E-state index contributed by atoms with van der Waals surface area (Å²) < 4.78 is 19.1. The van der Waals surface area contributed by atoms with Gasteiger partial charge in [-0.05, 0) is 12.1 Å². The van der Waals surface area contributed by atoms with Crippen molar-refractivity contribution in [3.05, 3.63) is 42.4 Å². The average Bonchev–Trinajstić information content (AvgIpc) is 3.04. The molecule has 1 unspecified atom stereocenters. The first-order chi connectivity index (χ1) is 11.5. The molecule has 7 nitrogen and oxygen atoms in total. The highest BCUT2D eigenvalue weighted by atomic mass is 32.2. The summed E-state index contributed by atoms with van der Waals surface area (Å²) in [6, 6.07) is 5.45. The summed E-state index contributed by atoms with van der Waals surface area (Å²) in [5.41, 5.74) is 7.87. The van der Waals surface area contributed by atoms with E-state index in [1.807, 2.05) is 12.1 Å². The van der Waals surface area contributed by atoms with Crippen molar-refractivity contribution >= 4 is 22.2 Å². The summed E-state index contributed by atoms with van der Waals surface area (Å²) in [6.45, 7) is 1.79. The molecule has 2 N–H and O–H groups in total. The van der Waals surface area contributed by atoms with Crippen LogP contribution in [0.4, 0.5) is 0 Å². The molecular weight excluding hydrogens is 328 g/mol. The zero-order valence-corrected chi connectivity index (χ0v) is 14.0. The number of amides is 1. The van der Waals surface area contributed by atoms with Gasteiger partial charge in [0.25, 0.3) is 5.91 Å². The lowest BCUT2D eigenvalue weighted by molar-refractivity contribution is 0.0997. The van der Waals surface area contributed by atoms with Crippen LogP contribution in [0.15, 0.2) is 41.7 Å². The Hall–Kier alpha value is -2.74. The van der Waals surface area contributed by atoms with Gasteiger partial charge in [0.15, 0.2) is 0 Å². The summed E-state index contributed by atoms with van der Waals surface area (Å²) in [5.74, 6) is 0.255. The van der Waals surface area contributed by atoms with Gasteiger partial charge >= 0.3 is 0 Å². The van der Waals surface area contributed by atoms with Crippen LogP contribution in [0.5, 0.6) is 5.88 Å². The predicted octanol–water partition coefficient (Wildman–Crippen LogP) is 1.63. The third kappa shape index (κ3) is 2.76. The number of nitrogens with two attached hydrogens (primary N) is 1. The first-order valence-corrected chi connectivity index (χ1v) is 8.57. The Morgan fingerprint density at radius 1 is 1.33 bits per heavy atom. The summed E-state index contributed by atoms with van der Waals surface area (Å²) in [6.07, 6.45) is 4.83. The van der Waals surface area contributed by atoms with Crippen LogP contribution in [0.1, 0.15) is 17.3 Å². The molecule has 0 aliphatic rings. The predicted molar refractivity (Wildman–Crippen MR) is 90.4 cm³/mol. The van der Waals surface area contributed by atoms with Gasteiger partial charge in [-0.1, -0.05) is 6.92 Å². The number of primary amides is 1. The molecule has 1 amide bonds. The number of rotatable bonds is 5. The number of methoxy groups -OCH3 is 1. The van der Waals surface area contributed by atoms with E-state index in [0.717, 1.165) is 11.1 Å². The van der Waals surface area contributed by atoms with Crippen molar-refractivity contribution in [1.29, 1.82) is 0 Å². The minimum absolute atomic E-state index is 0.181. The Kier molecular flexibility index (Phi) is 4.30. The van der Waals surface area contributed by atoms with E-state index >= 15 is 0 Å². The topological polar surface area (TPSA) is 99.6 Å². The molecule has 0 saturated heterocycles. The molecule has 0 radical (unpaired) electrons. The third-order valence-corrected chi connectivity index (χ3v) is 5.03. The van der Waals surface area contributed by atoms with Gasteiger partial charge < -0.3 is 10.5 Å². The number of aromatic nitrogens is 3. The monoisotopic (exact) mass is 344 g/mol. The average molecular weight is 344 g/mol. The second kappa shape index (κ2) is 6.40. The summed E-state index contributed by atoms with van der Waals surface area (Å²) >= 11 is 0. The fourth-order valence-electron chi connectivity index (χ4n) is 2.42. The van der Waals surface area contributed by atoms with Crippen LogP contribution in [0, 0.1) is 0 Å². The maximum Gasteiger partial charge on any atom is 0.251 e. The van der Waals surface area contributed by atoms with Crippen molar-refractivity contribution in [3.8, 4) is 17.0 Å². The molecule has 0 bridgehead atoms. The number of carbonyl (C=O) groups is 1. The third-order valence-electron chi connectivity index (χ3n) is 3.62. The van der Waals surface area contributed by atoms with Gasteiger partial charge in [0.05, 0.1) is 40.1 Å². The molecule has 3 heterocycles. The maximum atomic E-state index is 12.4. The van der Waals surface area contributed by atoms with Crippen LogP contribution in [0.25, 0.3) is 16.6 Å². The Bertz CT molecular complexity index is 934. The Morgan fingerprint density at radius 3 is 2.71 bits per heavy atom. The van der Waals surface area contributed by atoms with Gasteiger partial charge in [-0.15, -0.1) is 0 Å². The van der Waals surface area contributed by atoms with E-state index in [-0.39, 0.29) is 5.56 Å². The lowest BCUT2D eigenvalue weighted by Gasteiger charge is -2.07. The molecule has 0 spiro atoms. The van der Waals surface area contributed by atoms with Gasteiger partial charge in [-0.25, -0.2) is 9.50 Å². The Labute approximate surface area is 140 Å². The number of pyridine rings is 1. The van der Waals surface area contributed by atoms with Gasteiger partial charge in [0, 0.05) is 35.3 Å². The largest absolute Gasteiger partial charge is 0.481 e.